The molecule has 0 aliphatic heterocycles. The Balaban J connectivity index is 2.18. The van der Waals surface area contributed by atoms with Crippen molar-refractivity contribution in [1.82, 2.24) is 20.1 Å². The molecule has 0 aromatic carbocycles. The molecule has 1 aromatic heterocycles. The highest BCUT2D eigenvalue weighted by atomic mass is 15.3. The highest BCUT2D eigenvalue weighted by Gasteiger charge is 2.02. The maximum absolute atomic E-state index is 4.26. The molecule has 0 fully saturated rings. The third-order valence-electron chi connectivity index (χ3n) is 2.55. The lowest BCUT2D eigenvalue weighted by molar-refractivity contribution is 0.506. The number of rotatable bonds is 8. The van der Waals surface area contributed by atoms with Gasteiger partial charge in [-0.2, -0.15) is 5.10 Å². The van der Waals surface area contributed by atoms with E-state index in [1.165, 1.54) is 12.8 Å². The zero-order chi connectivity index (χ0) is 11.8. The van der Waals surface area contributed by atoms with Crippen molar-refractivity contribution in [2.24, 2.45) is 5.92 Å². The molecule has 0 atom stereocenters. The van der Waals surface area contributed by atoms with Crippen LogP contribution in [0.2, 0.25) is 0 Å². The third-order valence-corrected chi connectivity index (χ3v) is 2.55. The average Bonchev–Trinajstić information content (AvgIpc) is 2.65. The molecule has 1 aromatic rings. The van der Waals surface area contributed by atoms with Gasteiger partial charge in [-0.3, -0.25) is 0 Å². The minimum atomic E-state index is 0.797. The number of nitrogens with zero attached hydrogens (tertiary/aromatic N) is 3. The second-order valence-corrected chi connectivity index (χ2v) is 4.61. The van der Waals surface area contributed by atoms with Crippen LogP contribution in [-0.4, -0.2) is 21.3 Å². The molecule has 4 heteroatoms. The first-order valence-electron chi connectivity index (χ1n) is 6.31. The van der Waals surface area contributed by atoms with Crippen LogP contribution in [0.1, 0.15) is 45.9 Å². The number of hydrogen-bond acceptors (Lipinski definition) is 3. The Bertz CT molecular complexity index is 280. The molecule has 92 valence electrons. The fraction of sp³-hybridized carbons (Fsp3) is 0.833. The summed E-state index contributed by atoms with van der Waals surface area (Å²) in [5, 5.41) is 7.62. The highest BCUT2D eigenvalue weighted by molar-refractivity contribution is 4.83. The van der Waals surface area contributed by atoms with Crippen molar-refractivity contribution >= 4 is 0 Å². The zero-order valence-electron chi connectivity index (χ0n) is 10.7. The lowest BCUT2D eigenvalue weighted by Gasteiger charge is -2.07. The van der Waals surface area contributed by atoms with Crippen LogP contribution in [0, 0.1) is 5.92 Å². The van der Waals surface area contributed by atoms with Crippen molar-refractivity contribution < 1.29 is 0 Å². The van der Waals surface area contributed by atoms with Crippen LogP contribution in [-0.2, 0) is 13.1 Å². The normalized spacial score (nSPS) is 11.2. The summed E-state index contributed by atoms with van der Waals surface area (Å²) in [6, 6.07) is 0. The van der Waals surface area contributed by atoms with Crippen LogP contribution in [0.15, 0.2) is 6.33 Å². The summed E-state index contributed by atoms with van der Waals surface area (Å²) < 4.78 is 1.98. The SMILES string of the molecule is CCCn1ncnc1CNCCCC(C)C. The maximum Gasteiger partial charge on any atom is 0.140 e. The Morgan fingerprint density at radius 2 is 2.25 bits per heavy atom. The monoisotopic (exact) mass is 224 g/mol. The van der Waals surface area contributed by atoms with Gasteiger partial charge in [0.15, 0.2) is 0 Å². The van der Waals surface area contributed by atoms with E-state index in [9.17, 15) is 0 Å². The fourth-order valence-electron chi connectivity index (χ4n) is 1.66. The predicted molar refractivity (Wildman–Crippen MR) is 66.1 cm³/mol. The molecule has 0 radical (unpaired) electrons. The van der Waals surface area contributed by atoms with Crippen molar-refractivity contribution in [2.45, 2.75) is 53.1 Å². The number of hydrogen-bond donors (Lipinski definition) is 1. The van der Waals surface area contributed by atoms with Crippen molar-refractivity contribution in [1.29, 1.82) is 0 Å². The first-order valence-corrected chi connectivity index (χ1v) is 6.31. The van der Waals surface area contributed by atoms with Gasteiger partial charge in [0.25, 0.3) is 0 Å². The van der Waals surface area contributed by atoms with Crippen LogP contribution >= 0.6 is 0 Å². The van der Waals surface area contributed by atoms with Crippen molar-refractivity contribution in [2.75, 3.05) is 6.54 Å². The maximum atomic E-state index is 4.26. The molecule has 0 aliphatic rings. The summed E-state index contributed by atoms with van der Waals surface area (Å²) in [6.45, 7) is 9.54. The summed E-state index contributed by atoms with van der Waals surface area (Å²) in [4.78, 5) is 4.26. The van der Waals surface area contributed by atoms with E-state index in [1.54, 1.807) is 6.33 Å². The molecule has 1 rings (SSSR count). The first-order chi connectivity index (χ1) is 7.74. The van der Waals surface area contributed by atoms with Gasteiger partial charge in [-0.25, -0.2) is 9.67 Å². The summed E-state index contributed by atoms with van der Waals surface area (Å²) in [5.41, 5.74) is 0. The van der Waals surface area contributed by atoms with E-state index in [4.69, 9.17) is 0 Å². The van der Waals surface area contributed by atoms with E-state index in [-0.39, 0.29) is 0 Å². The fourth-order valence-corrected chi connectivity index (χ4v) is 1.66. The summed E-state index contributed by atoms with van der Waals surface area (Å²) in [6.07, 6.45) is 5.26. The molecular weight excluding hydrogens is 200 g/mol. The van der Waals surface area contributed by atoms with Gasteiger partial charge in [0.2, 0.25) is 0 Å². The minimum absolute atomic E-state index is 0.797. The van der Waals surface area contributed by atoms with E-state index in [0.29, 0.717) is 0 Å². The number of nitrogens with one attached hydrogen (secondary N) is 1. The van der Waals surface area contributed by atoms with Crippen LogP contribution in [0.3, 0.4) is 0 Å². The summed E-state index contributed by atoms with van der Waals surface area (Å²) in [7, 11) is 0. The van der Waals surface area contributed by atoms with Crippen LogP contribution in [0.25, 0.3) is 0 Å². The Labute approximate surface area is 98.5 Å². The minimum Gasteiger partial charge on any atom is -0.310 e. The molecule has 0 unspecified atom stereocenters. The molecule has 4 nitrogen and oxygen atoms in total. The van der Waals surface area contributed by atoms with E-state index < -0.39 is 0 Å². The van der Waals surface area contributed by atoms with Gasteiger partial charge < -0.3 is 5.32 Å². The largest absolute Gasteiger partial charge is 0.310 e. The molecule has 0 amide bonds. The van der Waals surface area contributed by atoms with Gasteiger partial charge >= 0.3 is 0 Å². The Kier molecular flexibility index (Phi) is 6.08. The van der Waals surface area contributed by atoms with E-state index in [2.05, 4.69) is 36.2 Å². The Morgan fingerprint density at radius 1 is 1.44 bits per heavy atom. The topological polar surface area (TPSA) is 42.7 Å². The standard InChI is InChI=1S/C12H24N4/c1-4-8-16-12(14-10-15-16)9-13-7-5-6-11(2)3/h10-11,13H,4-9H2,1-3H3. The van der Waals surface area contributed by atoms with E-state index in [1.807, 2.05) is 4.68 Å². The van der Waals surface area contributed by atoms with E-state index >= 15 is 0 Å². The van der Waals surface area contributed by atoms with Gasteiger partial charge in [-0.15, -0.1) is 0 Å². The average molecular weight is 224 g/mol. The smallest absolute Gasteiger partial charge is 0.140 e. The predicted octanol–water partition coefficient (Wildman–Crippen LogP) is 2.21. The van der Waals surface area contributed by atoms with Crippen molar-refractivity contribution in [3.8, 4) is 0 Å². The first kappa shape index (κ1) is 13.2. The van der Waals surface area contributed by atoms with Gasteiger partial charge in [-0.05, 0) is 31.7 Å². The van der Waals surface area contributed by atoms with Gasteiger partial charge in [0.05, 0.1) is 6.54 Å². The second-order valence-electron chi connectivity index (χ2n) is 4.61. The molecule has 1 heterocycles. The van der Waals surface area contributed by atoms with Crippen molar-refractivity contribution in [3.63, 3.8) is 0 Å². The Hall–Kier alpha value is -0.900. The molecule has 16 heavy (non-hydrogen) atoms. The Morgan fingerprint density at radius 3 is 2.94 bits per heavy atom. The second kappa shape index (κ2) is 7.39. The van der Waals surface area contributed by atoms with Gasteiger partial charge in [0, 0.05) is 6.54 Å². The van der Waals surface area contributed by atoms with Crippen LogP contribution < -0.4 is 5.32 Å². The molecular formula is C12H24N4. The molecule has 0 saturated heterocycles. The van der Waals surface area contributed by atoms with E-state index in [0.717, 1.165) is 37.8 Å². The van der Waals surface area contributed by atoms with Crippen LogP contribution in [0.4, 0.5) is 0 Å². The van der Waals surface area contributed by atoms with Gasteiger partial charge in [-0.1, -0.05) is 20.8 Å². The molecule has 0 saturated carbocycles. The van der Waals surface area contributed by atoms with Crippen LogP contribution in [0.5, 0.6) is 0 Å². The molecule has 0 aliphatic carbocycles. The lowest BCUT2D eigenvalue weighted by atomic mass is 10.1. The number of aromatic nitrogens is 3. The zero-order valence-corrected chi connectivity index (χ0v) is 10.7. The molecule has 0 bridgehead atoms. The quantitative estimate of drug-likeness (QED) is 0.688. The summed E-state index contributed by atoms with van der Waals surface area (Å²) in [5.74, 6) is 1.84. The third kappa shape index (κ3) is 4.75. The molecule has 1 N–H and O–H groups in total. The molecule has 0 spiro atoms. The summed E-state index contributed by atoms with van der Waals surface area (Å²) >= 11 is 0. The highest BCUT2D eigenvalue weighted by Crippen LogP contribution is 2.02. The lowest BCUT2D eigenvalue weighted by Crippen LogP contribution is -2.19. The number of aryl methyl sites for hydroxylation is 1. The van der Waals surface area contributed by atoms with Gasteiger partial charge in [0.1, 0.15) is 12.2 Å². The van der Waals surface area contributed by atoms with Crippen molar-refractivity contribution in [3.05, 3.63) is 12.2 Å².